The summed E-state index contributed by atoms with van der Waals surface area (Å²) in [4.78, 5) is 25.2. The molecule has 0 aliphatic rings. The molecule has 4 aromatic rings. The fourth-order valence-corrected chi connectivity index (χ4v) is 4.03. The maximum Gasteiger partial charge on any atom is 0.268 e. The van der Waals surface area contributed by atoms with E-state index in [2.05, 4.69) is 20.4 Å². The molecule has 2 aromatic carbocycles. The van der Waals surface area contributed by atoms with Gasteiger partial charge in [-0.3, -0.25) is 19.8 Å². The van der Waals surface area contributed by atoms with E-state index < -0.39 is 5.92 Å². The first-order chi connectivity index (χ1) is 15.4. The molecule has 166 valence electrons. The van der Waals surface area contributed by atoms with Crippen molar-refractivity contribution < 1.29 is 9.47 Å². The Kier molecular flexibility index (Phi) is 5.96. The molecule has 9 heteroatoms. The van der Waals surface area contributed by atoms with Crippen molar-refractivity contribution in [2.75, 3.05) is 7.11 Å². The maximum absolute atomic E-state index is 12.6. The molecule has 0 aliphatic carbocycles. The highest BCUT2D eigenvalue weighted by Crippen LogP contribution is 2.37. The number of H-pyrrole nitrogens is 4. The lowest BCUT2D eigenvalue weighted by Gasteiger charge is -2.18. The number of aromatic nitrogens is 4. The molecule has 0 atom stereocenters. The van der Waals surface area contributed by atoms with Crippen molar-refractivity contribution in [3.05, 3.63) is 102 Å². The zero-order valence-electron chi connectivity index (χ0n) is 17.8. The Bertz CT molecular complexity index is 1310. The Hall–Kier alpha value is -3.65. The van der Waals surface area contributed by atoms with Crippen LogP contribution in [-0.4, -0.2) is 27.5 Å². The zero-order chi connectivity index (χ0) is 22.8. The van der Waals surface area contributed by atoms with Gasteiger partial charge in [-0.1, -0.05) is 35.9 Å². The largest absolute Gasteiger partial charge is 0.493 e. The van der Waals surface area contributed by atoms with Gasteiger partial charge >= 0.3 is 0 Å². The molecule has 0 amide bonds. The van der Waals surface area contributed by atoms with Crippen LogP contribution in [0.15, 0.2) is 52.1 Å². The third-order valence-corrected chi connectivity index (χ3v) is 5.83. The van der Waals surface area contributed by atoms with E-state index in [1.165, 1.54) is 0 Å². The lowest BCUT2D eigenvalue weighted by atomic mass is 9.85. The molecule has 8 nitrogen and oxygen atoms in total. The fraction of sp³-hybridized carbons (Fsp3) is 0.217. The van der Waals surface area contributed by atoms with Crippen LogP contribution in [0.25, 0.3) is 0 Å². The van der Waals surface area contributed by atoms with Gasteiger partial charge in [-0.05, 0) is 37.6 Å². The molecule has 0 aliphatic heterocycles. The molecular weight excluding hydrogens is 432 g/mol. The molecule has 2 heterocycles. The van der Waals surface area contributed by atoms with E-state index in [0.717, 1.165) is 5.56 Å². The number of hydrogen-bond donors (Lipinski definition) is 4. The third kappa shape index (κ3) is 3.97. The quantitative estimate of drug-likeness (QED) is 0.340. The number of ether oxygens (including phenoxy) is 2. The molecular formula is C23H23ClN4O4. The van der Waals surface area contributed by atoms with Gasteiger partial charge in [0, 0.05) is 27.9 Å². The minimum absolute atomic E-state index is 0.270. The molecule has 0 spiro atoms. The molecule has 0 radical (unpaired) electrons. The highest BCUT2D eigenvalue weighted by atomic mass is 35.5. The fourth-order valence-electron chi connectivity index (χ4n) is 3.84. The Morgan fingerprint density at radius 3 is 2.03 bits per heavy atom. The van der Waals surface area contributed by atoms with Crippen LogP contribution in [0.3, 0.4) is 0 Å². The third-order valence-electron chi connectivity index (χ3n) is 5.46. The van der Waals surface area contributed by atoms with Crippen molar-refractivity contribution in [1.29, 1.82) is 0 Å². The molecule has 32 heavy (non-hydrogen) atoms. The van der Waals surface area contributed by atoms with Crippen molar-refractivity contribution in [3.63, 3.8) is 0 Å². The zero-order valence-corrected chi connectivity index (χ0v) is 18.6. The average Bonchev–Trinajstić information content (AvgIpc) is 3.30. The molecule has 0 unspecified atom stereocenters. The standard InChI is InChI=1S/C23H23ClN4O4/c1-12-19(22(29)27-25-12)21(20-13(2)26-28-23(20)30)14-8-9-17(18(10-14)31-3)32-11-15-6-4-5-7-16(15)24/h4-10,21H,11H2,1-3H3,(H2,25,27,29)(H2,26,28,30). The summed E-state index contributed by atoms with van der Waals surface area (Å²) in [6.07, 6.45) is 0. The lowest BCUT2D eigenvalue weighted by molar-refractivity contribution is 0.284. The number of rotatable bonds is 7. The van der Waals surface area contributed by atoms with Crippen LogP contribution in [0.2, 0.25) is 5.02 Å². The van der Waals surface area contributed by atoms with Gasteiger partial charge in [0.15, 0.2) is 11.5 Å². The van der Waals surface area contributed by atoms with Crippen molar-refractivity contribution in [3.8, 4) is 11.5 Å². The molecule has 2 aromatic heterocycles. The minimum Gasteiger partial charge on any atom is -0.493 e. The summed E-state index contributed by atoms with van der Waals surface area (Å²) in [5.74, 6) is 0.398. The molecule has 0 saturated carbocycles. The topological polar surface area (TPSA) is 116 Å². The summed E-state index contributed by atoms with van der Waals surface area (Å²) < 4.78 is 11.5. The molecule has 0 saturated heterocycles. The summed E-state index contributed by atoms with van der Waals surface area (Å²) in [5, 5.41) is 11.5. The maximum atomic E-state index is 12.6. The second kappa shape index (κ2) is 8.84. The van der Waals surface area contributed by atoms with E-state index >= 15 is 0 Å². The van der Waals surface area contributed by atoms with E-state index in [-0.39, 0.29) is 17.7 Å². The van der Waals surface area contributed by atoms with Crippen LogP contribution in [0.4, 0.5) is 0 Å². The summed E-state index contributed by atoms with van der Waals surface area (Å²) >= 11 is 6.22. The minimum atomic E-state index is -0.605. The number of halogens is 1. The van der Waals surface area contributed by atoms with Crippen LogP contribution in [0.5, 0.6) is 11.5 Å². The van der Waals surface area contributed by atoms with E-state index in [1.807, 2.05) is 24.3 Å². The number of hydrogen-bond acceptors (Lipinski definition) is 4. The molecule has 4 rings (SSSR count). The second-order valence-corrected chi connectivity index (χ2v) is 7.87. The van der Waals surface area contributed by atoms with Crippen LogP contribution >= 0.6 is 11.6 Å². The Labute approximate surface area is 188 Å². The normalized spacial score (nSPS) is 11.2. The predicted octanol–water partition coefficient (Wildman–Crippen LogP) is 3.76. The van der Waals surface area contributed by atoms with Crippen molar-refractivity contribution in [2.24, 2.45) is 0 Å². The Morgan fingerprint density at radius 2 is 1.50 bits per heavy atom. The highest BCUT2D eigenvalue weighted by molar-refractivity contribution is 6.31. The summed E-state index contributed by atoms with van der Waals surface area (Å²) in [6.45, 7) is 3.84. The number of nitrogens with one attached hydrogen (secondary N) is 4. The van der Waals surface area contributed by atoms with Crippen LogP contribution in [-0.2, 0) is 6.61 Å². The second-order valence-electron chi connectivity index (χ2n) is 7.46. The summed E-state index contributed by atoms with van der Waals surface area (Å²) in [5.41, 5.74) is 3.22. The highest BCUT2D eigenvalue weighted by Gasteiger charge is 2.28. The predicted molar refractivity (Wildman–Crippen MR) is 122 cm³/mol. The van der Waals surface area contributed by atoms with E-state index in [9.17, 15) is 9.59 Å². The Balaban J connectivity index is 1.77. The number of methoxy groups -OCH3 is 1. The van der Waals surface area contributed by atoms with Gasteiger partial charge in [0.25, 0.3) is 11.1 Å². The average molecular weight is 455 g/mol. The first kappa shape index (κ1) is 21.6. The van der Waals surface area contributed by atoms with Gasteiger partial charge in [-0.25, -0.2) is 0 Å². The Morgan fingerprint density at radius 1 is 0.875 bits per heavy atom. The first-order valence-electron chi connectivity index (χ1n) is 9.99. The number of aryl methyl sites for hydroxylation is 2. The van der Waals surface area contributed by atoms with E-state index in [1.54, 1.807) is 39.2 Å². The van der Waals surface area contributed by atoms with Crippen molar-refractivity contribution in [2.45, 2.75) is 26.4 Å². The van der Waals surface area contributed by atoms with Gasteiger partial charge in [-0.2, -0.15) is 0 Å². The van der Waals surface area contributed by atoms with Gasteiger partial charge in [0.2, 0.25) is 0 Å². The monoisotopic (exact) mass is 454 g/mol. The van der Waals surface area contributed by atoms with Gasteiger partial charge in [0.05, 0.1) is 18.2 Å². The van der Waals surface area contributed by atoms with Gasteiger partial charge in [0.1, 0.15) is 6.61 Å². The summed E-state index contributed by atoms with van der Waals surface area (Å²) in [7, 11) is 1.54. The van der Waals surface area contributed by atoms with Gasteiger partial charge < -0.3 is 19.7 Å². The smallest absolute Gasteiger partial charge is 0.268 e. The van der Waals surface area contributed by atoms with E-state index in [0.29, 0.717) is 44.6 Å². The molecule has 0 fully saturated rings. The molecule has 0 bridgehead atoms. The van der Waals surface area contributed by atoms with Crippen molar-refractivity contribution >= 4 is 11.6 Å². The molecule has 4 N–H and O–H groups in total. The van der Waals surface area contributed by atoms with Crippen LogP contribution in [0, 0.1) is 13.8 Å². The van der Waals surface area contributed by atoms with Crippen molar-refractivity contribution in [1.82, 2.24) is 20.4 Å². The lowest BCUT2D eigenvalue weighted by Crippen LogP contribution is -2.20. The van der Waals surface area contributed by atoms with Crippen LogP contribution in [0.1, 0.15) is 39.6 Å². The SMILES string of the molecule is COc1cc(C(c2c(C)[nH][nH]c2=O)c2c(C)[nH][nH]c2=O)ccc1OCc1ccccc1Cl. The first-order valence-corrected chi connectivity index (χ1v) is 10.4. The van der Waals surface area contributed by atoms with Crippen LogP contribution < -0.4 is 20.6 Å². The van der Waals surface area contributed by atoms with E-state index in [4.69, 9.17) is 21.1 Å². The van der Waals surface area contributed by atoms with Gasteiger partial charge in [-0.15, -0.1) is 0 Å². The number of aromatic amines is 4. The summed E-state index contributed by atoms with van der Waals surface area (Å²) in [6, 6.07) is 12.8. The number of benzene rings is 2.